The zero-order chi connectivity index (χ0) is 13.7. The highest BCUT2D eigenvalue weighted by molar-refractivity contribution is 6.30. The molecule has 0 spiro atoms. The Labute approximate surface area is 110 Å². The van der Waals surface area contributed by atoms with Crippen LogP contribution in [-0.4, -0.2) is 36.7 Å². The minimum Gasteiger partial charge on any atom is -0.480 e. The highest BCUT2D eigenvalue weighted by Gasteiger charge is 2.23. The van der Waals surface area contributed by atoms with E-state index in [2.05, 4.69) is 4.74 Å². The largest absolute Gasteiger partial charge is 0.480 e. The van der Waals surface area contributed by atoms with E-state index in [9.17, 15) is 9.59 Å². The number of carboxylic acid groups (broad SMARTS) is 1. The van der Waals surface area contributed by atoms with Crippen LogP contribution in [0.5, 0.6) is 0 Å². The smallest absolute Gasteiger partial charge is 0.326 e. The van der Waals surface area contributed by atoms with Gasteiger partial charge < -0.3 is 14.7 Å². The minimum absolute atomic E-state index is 0.133. The molecule has 1 aromatic carbocycles. The second kappa shape index (κ2) is 6.26. The van der Waals surface area contributed by atoms with Crippen LogP contribution in [0.25, 0.3) is 0 Å². The molecule has 0 aliphatic carbocycles. The summed E-state index contributed by atoms with van der Waals surface area (Å²) < 4.78 is 4.56. The summed E-state index contributed by atoms with van der Waals surface area (Å²) in [7, 11) is 1.26. The zero-order valence-electron chi connectivity index (χ0n) is 10.1. The number of benzene rings is 1. The molecule has 6 heteroatoms. The van der Waals surface area contributed by atoms with Crippen molar-refractivity contribution in [3.8, 4) is 0 Å². The van der Waals surface area contributed by atoms with Crippen molar-refractivity contribution in [2.45, 2.75) is 13.0 Å². The number of hydrogen-bond acceptors (Lipinski definition) is 4. The zero-order valence-corrected chi connectivity index (χ0v) is 10.8. The molecule has 0 saturated heterocycles. The van der Waals surface area contributed by atoms with Gasteiger partial charge in [-0.25, -0.2) is 4.79 Å². The van der Waals surface area contributed by atoms with Crippen LogP contribution in [0.2, 0.25) is 5.02 Å². The summed E-state index contributed by atoms with van der Waals surface area (Å²) in [5, 5.41) is 9.58. The first-order chi connectivity index (χ1) is 8.45. The van der Waals surface area contributed by atoms with E-state index in [-0.39, 0.29) is 6.54 Å². The molecule has 0 aromatic heterocycles. The van der Waals surface area contributed by atoms with Crippen molar-refractivity contribution in [3.05, 3.63) is 29.3 Å². The summed E-state index contributed by atoms with van der Waals surface area (Å²) in [5.41, 5.74) is 0.597. The maximum atomic E-state index is 11.3. The number of hydrogen-bond donors (Lipinski definition) is 1. The Balaban J connectivity index is 2.99. The van der Waals surface area contributed by atoms with Crippen molar-refractivity contribution in [1.82, 2.24) is 0 Å². The van der Waals surface area contributed by atoms with E-state index in [1.165, 1.54) is 18.9 Å². The Morgan fingerprint density at radius 2 is 1.94 bits per heavy atom. The number of ether oxygens (including phenoxy) is 1. The van der Waals surface area contributed by atoms with Crippen LogP contribution < -0.4 is 4.90 Å². The fraction of sp³-hybridized carbons (Fsp3) is 0.333. The molecular weight excluding hydrogens is 258 g/mol. The number of carboxylic acids is 1. The van der Waals surface area contributed by atoms with Crippen molar-refractivity contribution >= 4 is 29.2 Å². The summed E-state index contributed by atoms with van der Waals surface area (Å²) in [6.45, 7) is 1.37. The Morgan fingerprint density at radius 3 is 2.39 bits per heavy atom. The number of rotatable bonds is 5. The lowest BCUT2D eigenvalue weighted by atomic mass is 10.2. The molecule has 18 heavy (non-hydrogen) atoms. The Kier molecular flexibility index (Phi) is 4.97. The van der Waals surface area contributed by atoms with Crippen molar-refractivity contribution in [1.29, 1.82) is 0 Å². The van der Waals surface area contributed by atoms with E-state index in [4.69, 9.17) is 16.7 Å². The molecule has 1 aromatic rings. The van der Waals surface area contributed by atoms with Gasteiger partial charge in [-0.05, 0) is 31.2 Å². The summed E-state index contributed by atoms with van der Waals surface area (Å²) in [4.78, 5) is 23.8. The third-order valence-corrected chi connectivity index (χ3v) is 2.76. The molecule has 0 radical (unpaired) electrons. The van der Waals surface area contributed by atoms with Gasteiger partial charge in [0.2, 0.25) is 0 Å². The summed E-state index contributed by atoms with van der Waals surface area (Å²) in [6.07, 6.45) is 0. The Bertz CT molecular complexity index is 432. The molecule has 0 aliphatic heterocycles. The fourth-order valence-electron chi connectivity index (χ4n) is 1.42. The van der Waals surface area contributed by atoms with E-state index in [0.29, 0.717) is 10.7 Å². The number of halogens is 1. The van der Waals surface area contributed by atoms with E-state index in [1.54, 1.807) is 24.3 Å². The molecule has 1 atom stereocenters. The third-order valence-electron chi connectivity index (χ3n) is 2.51. The highest BCUT2D eigenvalue weighted by atomic mass is 35.5. The molecule has 0 bridgehead atoms. The van der Waals surface area contributed by atoms with Crippen LogP contribution >= 0.6 is 11.6 Å². The molecule has 1 rings (SSSR count). The molecule has 98 valence electrons. The highest BCUT2D eigenvalue weighted by Crippen LogP contribution is 2.20. The molecular formula is C12H14ClNO4. The predicted octanol–water partition coefficient (Wildman–Crippen LogP) is 1.79. The number of anilines is 1. The van der Waals surface area contributed by atoms with Crippen molar-refractivity contribution in [2.24, 2.45) is 0 Å². The van der Waals surface area contributed by atoms with E-state index in [1.807, 2.05) is 0 Å². The second-order valence-electron chi connectivity index (χ2n) is 3.69. The molecule has 0 aliphatic rings. The molecule has 0 saturated carbocycles. The van der Waals surface area contributed by atoms with Gasteiger partial charge in [0.25, 0.3) is 0 Å². The van der Waals surface area contributed by atoms with Gasteiger partial charge in [-0.3, -0.25) is 4.79 Å². The average molecular weight is 272 g/mol. The summed E-state index contributed by atoms with van der Waals surface area (Å²) >= 11 is 5.77. The third kappa shape index (κ3) is 3.63. The van der Waals surface area contributed by atoms with Gasteiger partial charge in [-0.1, -0.05) is 11.6 Å². The maximum absolute atomic E-state index is 11.3. The fourth-order valence-corrected chi connectivity index (χ4v) is 1.55. The van der Waals surface area contributed by atoms with E-state index < -0.39 is 18.0 Å². The quantitative estimate of drug-likeness (QED) is 0.827. The van der Waals surface area contributed by atoms with Gasteiger partial charge in [-0.2, -0.15) is 0 Å². The van der Waals surface area contributed by atoms with Crippen molar-refractivity contribution < 1.29 is 19.4 Å². The van der Waals surface area contributed by atoms with Gasteiger partial charge in [0.05, 0.1) is 7.11 Å². The van der Waals surface area contributed by atoms with Crippen molar-refractivity contribution in [2.75, 3.05) is 18.6 Å². The first kappa shape index (κ1) is 14.3. The summed E-state index contributed by atoms with van der Waals surface area (Å²) in [5.74, 6) is -1.52. The van der Waals surface area contributed by atoms with Gasteiger partial charge >= 0.3 is 11.9 Å². The normalized spacial score (nSPS) is 11.7. The van der Waals surface area contributed by atoms with Crippen LogP contribution in [0.15, 0.2) is 24.3 Å². The molecule has 0 heterocycles. The first-order valence-corrected chi connectivity index (χ1v) is 5.65. The van der Waals surface area contributed by atoms with Crippen LogP contribution in [0.1, 0.15) is 6.92 Å². The lowest BCUT2D eigenvalue weighted by Gasteiger charge is -2.27. The molecule has 0 fully saturated rings. The number of carbonyl (C=O) groups excluding carboxylic acids is 1. The monoisotopic (exact) mass is 271 g/mol. The van der Waals surface area contributed by atoms with Crippen molar-refractivity contribution in [3.63, 3.8) is 0 Å². The Morgan fingerprint density at radius 1 is 1.39 bits per heavy atom. The molecule has 1 N–H and O–H groups in total. The Hall–Kier alpha value is -1.75. The van der Waals surface area contributed by atoms with Gasteiger partial charge in [0, 0.05) is 10.7 Å². The SMILES string of the molecule is COC(=O)CN(c1ccc(Cl)cc1)[C@H](C)C(=O)O. The standard InChI is InChI=1S/C12H14ClNO4/c1-8(12(16)17)14(7-11(15)18-2)10-5-3-9(13)4-6-10/h3-6,8H,7H2,1-2H3,(H,16,17)/t8-/m1/s1. The lowest BCUT2D eigenvalue weighted by Crippen LogP contribution is -2.42. The first-order valence-electron chi connectivity index (χ1n) is 5.27. The van der Waals surface area contributed by atoms with E-state index >= 15 is 0 Å². The van der Waals surface area contributed by atoms with Crippen LogP contribution in [0.3, 0.4) is 0 Å². The summed E-state index contributed by atoms with van der Waals surface area (Å²) in [6, 6.07) is 5.74. The van der Waals surface area contributed by atoms with Gasteiger partial charge in [0.15, 0.2) is 0 Å². The number of nitrogens with zero attached hydrogens (tertiary/aromatic N) is 1. The number of carbonyl (C=O) groups is 2. The van der Waals surface area contributed by atoms with Gasteiger partial charge in [-0.15, -0.1) is 0 Å². The van der Waals surface area contributed by atoms with Crippen LogP contribution in [-0.2, 0) is 14.3 Å². The lowest BCUT2D eigenvalue weighted by molar-refractivity contribution is -0.140. The number of aliphatic carboxylic acids is 1. The number of esters is 1. The molecule has 5 nitrogen and oxygen atoms in total. The number of methoxy groups -OCH3 is 1. The molecule has 0 amide bonds. The average Bonchev–Trinajstić information content (AvgIpc) is 2.36. The van der Waals surface area contributed by atoms with Crippen LogP contribution in [0.4, 0.5) is 5.69 Å². The van der Waals surface area contributed by atoms with Crippen LogP contribution in [0, 0.1) is 0 Å². The van der Waals surface area contributed by atoms with E-state index in [0.717, 1.165) is 0 Å². The molecule has 0 unspecified atom stereocenters. The predicted molar refractivity (Wildman–Crippen MR) is 67.9 cm³/mol. The topological polar surface area (TPSA) is 66.8 Å². The minimum atomic E-state index is -1.02. The second-order valence-corrected chi connectivity index (χ2v) is 4.13. The maximum Gasteiger partial charge on any atom is 0.326 e. The van der Waals surface area contributed by atoms with Gasteiger partial charge in [0.1, 0.15) is 12.6 Å².